The Bertz CT molecular complexity index is 482. The highest BCUT2D eigenvalue weighted by Gasteiger charge is 2.20. The number of rotatable bonds is 9. The molecule has 0 saturated carbocycles. The fraction of sp³-hybridized carbons (Fsp3) is 0.429. The molecule has 1 rings (SSSR count). The van der Waals surface area contributed by atoms with Crippen LogP contribution in [0.3, 0.4) is 0 Å². The van der Waals surface area contributed by atoms with Gasteiger partial charge in [-0.25, -0.2) is 0 Å². The van der Waals surface area contributed by atoms with Gasteiger partial charge in [0, 0.05) is 18.2 Å². The van der Waals surface area contributed by atoms with E-state index in [1.165, 1.54) is 0 Å². The van der Waals surface area contributed by atoms with E-state index in [9.17, 15) is 9.59 Å². The minimum atomic E-state index is -1.05. The number of carboxylic acids is 1. The summed E-state index contributed by atoms with van der Waals surface area (Å²) in [6.45, 7) is 1.02. The zero-order chi connectivity index (χ0) is 15.7. The minimum absolute atomic E-state index is 0.135. The Kier molecular flexibility index (Phi) is 7.96. The van der Waals surface area contributed by atoms with Gasteiger partial charge in [0.15, 0.2) is 0 Å². The van der Waals surface area contributed by atoms with Gasteiger partial charge in [-0.2, -0.15) is 0 Å². The van der Waals surface area contributed by atoms with Crippen molar-refractivity contribution >= 4 is 33.5 Å². The average molecular weight is 359 g/mol. The van der Waals surface area contributed by atoms with Gasteiger partial charge in [0.25, 0.3) is 0 Å². The third-order valence-corrected chi connectivity index (χ3v) is 3.44. The monoisotopic (exact) mass is 358 g/mol. The normalized spacial score (nSPS) is 11.9. The SMILES string of the molecule is COCCCNC(CC(=O)Nc1ccccc1Br)C(=O)O. The molecule has 0 fully saturated rings. The third kappa shape index (κ3) is 6.70. The Balaban J connectivity index is 2.49. The van der Waals surface area contributed by atoms with E-state index >= 15 is 0 Å². The molecule has 0 radical (unpaired) electrons. The number of anilines is 1. The first-order chi connectivity index (χ1) is 10.0. The van der Waals surface area contributed by atoms with Gasteiger partial charge in [-0.05, 0) is 41.0 Å². The maximum absolute atomic E-state index is 11.9. The summed E-state index contributed by atoms with van der Waals surface area (Å²) in [5.41, 5.74) is 0.617. The van der Waals surface area contributed by atoms with Gasteiger partial charge in [-0.15, -0.1) is 0 Å². The average Bonchev–Trinajstić information content (AvgIpc) is 2.44. The molecular formula is C14H19BrN2O4. The van der Waals surface area contributed by atoms with Crippen LogP contribution in [0.25, 0.3) is 0 Å². The molecule has 0 saturated heterocycles. The first-order valence-electron chi connectivity index (χ1n) is 6.54. The highest BCUT2D eigenvalue weighted by atomic mass is 79.9. The predicted molar refractivity (Wildman–Crippen MR) is 83.3 cm³/mol. The molecule has 0 aromatic heterocycles. The molecule has 1 amide bonds. The van der Waals surface area contributed by atoms with E-state index in [4.69, 9.17) is 9.84 Å². The van der Waals surface area contributed by atoms with Crippen molar-refractivity contribution in [3.05, 3.63) is 28.7 Å². The summed E-state index contributed by atoms with van der Waals surface area (Å²) in [6.07, 6.45) is 0.551. The van der Waals surface area contributed by atoms with Crippen molar-refractivity contribution < 1.29 is 19.4 Å². The predicted octanol–water partition coefficient (Wildman–Crippen LogP) is 1.86. The maximum atomic E-state index is 11.9. The molecule has 0 heterocycles. The number of para-hydroxylation sites is 1. The Hall–Kier alpha value is -1.44. The second-order valence-electron chi connectivity index (χ2n) is 4.42. The number of carbonyl (C=O) groups excluding carboxylic acids is 1. The highest BCUT2D eigenvalue weighted by Crippen LogP contribution is 2.21. The number of hydrogen-bond acceptors (Lipinski definition) is 4. The van der Waals surface area contributed by atoms with Crippen LogP contribution in [-0.4, -0.2) is 43.3 Å². The van der Waals surface area contributed by atoms with Gasteiger partial charge in [0.1, 0.15) is 6.04 Å². The molecule has 6 nitrogen and oxygen atoms in total. The largest absolute Gasteiger partial charge is 0.480 e. The van der Waals surface area contributed by atoms with Crippen LogP contribution in [0, 0.1) is 0 Å². The lowest BCUT2D eigenvalue weighted by molar-refractivity contribution is -0.141. The first-order valence-corrected chi connectivity index (χ1v) is 7.33. The zero-order valence-electron chi connectivity index (χ0n) is 11.8. The Morgan fingerprint density at radius 1 is 1.38 bits per heavy atom. The van der Waals surface area contributed by atoms with E-state index in [2.05, 4.69) is 26.6 Å². The molecular weight excluding hydrogens is 340 g/mol. The Labute approximate surface area is 132 Å². The van der Waals surface area contributed by atoms with Crippen molar-refractivity contribution in [2.75, 3.05) is 25.6 Å². The van der Waals surface area contributed by atoms with Gasteiger partial charge >= 0.3 is 5.97 Å². The lowest BCUT2D eigenvalue weighted by Crippen LogP contribution is -2.40. The van der Waals surface area contributed by atoms with Gasteiger partial charge in [0.05, 0.1) is 12.1 Å². The van der Waals surface area contributed by atoms with E-state index in [-0.39, 0.29) is 12.3 Å². The summed E-state index contributed by atoms with van der Waals surface area (Å²) >= 11 is 3.32. The second kappa shape index (κ2) is 9.49. The number of halogens is 1. The standard InChI is InChI=1S/C14H19BrN2O4/c1-21-8-4-7-16-12(14(19)20)9-13(18)17-11-6-3-2-5-10(11)15/h2-3,5-6,12,16H,4,7-9H2,1H3,(H,17,18)(H,19,20). The van der Waals surface area contributed by atoms with Crippen LogP contribution in [0.15, 0.2) is 28.7 Å². The summed E-state index contributed by atoms with van der Waals surface area (Å²) in [5.74, 6) is -1.40. The number of ether oxygens (including phenoxy) is 1. The molecule has 0 aliphatic carbocycles. The summed E-state index contributed by atoms with van der Waals surface area (Å²) in [7, 11) is 1.58. The van der Waals surface area contributed by atoms with Crippen molar-refractivity contribution in [3.63, 3.8) is 0 Å². The molecule has 21 heavy (non-hydrogen) atoms. The van der Waals surface area contributed by atoms with Gasteiger partial charge in [-0.3, -0.25) is 9.59 Å². The van der Waals surface area contributed by atoms with Gasteiger partial charge in [0.2, 0.25) is 5.91 Å². The van der Waals surface area contributed by atoms with Crippen LogP contribution >= 0.6 is 15.9 Å². The van der Waals surface area contributed by atoms with Crippen LogP contribution < -0.4 is 10.6 Å². The van der Waals surface area contributed by atoms with E-state index < -0.39 is 12.0 Å². The molecule has 0 aliphatic heterocycles. The molecule has 1 unspecified atom stereocenters. The fourth-order valence-electron chi connectivity index (χ4n) is 1.69. The Morgan fingerprint density at radius 3 is 2.71 bits per heavy atom. The number of aliphatic carboxylic acids is 1. The molecule has 7 heteroatoms. The number of amides is 1. The second-order valence-corrected chi connectivity index (χ2v) is 5.28. The summed E-state index contributed by atoms with van der Waals surface area (Å²) in [4.78, 5) is 23.0. The van der Waals surface area contributed by atoms with Crippen molar-refractivity contribution in [2.45, 2.75) is 18.9 Å². The molecule has 0 bridgehead atoms. The van der Waals surface area contributed by atoms with E-state index in [1.807, 2.05) is 6.07 Å². The number of carbonyl (C=O) groups is 2. The van der Waals surface area contributed by atoms with Crippen molar-refractivity contribution in [2.24, 2.45) is 0 Å². The van der Waals surface area contributed by atoms with Gasteiger partial charge < -0.3 is 20.5 Å². The molecule has 116 valence electrons. The van der Waals surface area contributed by atoms with Gasteiger partial charge in [-0.1, -0.05) is 12.1 Å². The molecule has 3 N–H and O–H groups in total. The van der Waals surface area contributed by atoms with E-state index in [0.29, 0.717) is 25.3 Å². The van der Waals surface area contributed by atoms with Crippen LogP contribution in [0.1, 0.15) is 12.8 Å². The lowest BCUT2D eigenvalue weighted by Gasteiger charge is -2.14. The first kappa shape index (κ1) is 17.6. The van der Waals surface area contributed by atoms with Crippen molar-refractivity contribution in [1.82, 2.24) is 5.32 Å². The Morgan fingerprint density at radius 2 is 2.10 bits per heavy atom. The number of methoxy groups -OCH3 is 1. The number of nitrogens with one attached hydrogen (secondary N) is 2. The van der Waals surface area contributed by atoms with E-state index in [1.54, 1.807) is 25.3 Å². The zero-order valence-corrected chi connectivity index (χ0v) is 13.4. The van der Waals surface area contributed by atoms with Crippen molar-refractivity contribution in [3.8, 4) is 0 Å². The number of carboxylic acid groups (broad SMARTS) is 1. The number of hydrogen-bond donors (Lipinski definition) is 3. The van der Waals surface area contributed by atoms with Crippen molar-refractivity contribution in [1.29, 1.82) is 0 Å². The topological polar surface area (TPSA) is 87.7 Å². The van der Waals surface area contributed by atoms with Crippen LogP contribution in [0.4, 0.5) is 5.69 Å². The quantitative estimate of drug-likeness (QED) is 0.586. The maximum Gasteiger partial charge on any atom is 0.321 e. The minimum Gasteiger partial charge on any atom is -0.480 e. The molecule has 0 spiro atoms. The summed E-state index contributed by atoms with van der Waals surface area (Å²) in [5, 5.41) is 14.6. The lowest BCUT2D eigenvalue weighted by atomic mass is 10.2. The van der Waals surface area contributed by atoms with E-state index in [0.717, 1.165) is 4.47 Å². The number of benzene rings is 1. The molecule has 1 aromatic rings. The molecule has 0 aliphatic rings. The summed E-state index contributed by atoms with van der Waals surface area (Å²) < 4.78 is 5.63. The van der Waals surface area contributed by atoms with Crippen LogP contribution in [-0.2, 0) is 14.3 Å². The van der Waals surface area contributed by atoms with Crippen LogP contribution in [0.5, 0.6) is 0 Å². The molecule has 1 atom stereocenters. The third-order valence-electron chi connectivity index (χ3n) is 2.75. The highest BCUT2D eigenvalue weighted by molar-refractivity contribution is 9.10. The molecule has 1 aromatic carbocycles. The van der Waals surface area contributed by atoms with Crippen LogP contribution in [0.2, 0.25) is 0 Å². The smallest absolute Gasteiger partial charge is 0.321 e. The fourth-order valence-corrected chi connectivity index (χ4v) is 2.07. The summed E-state index contributed by atoms with van der Waals surface area (Å²) in [6, 6.07) is 6.25.